The number of alkyl carbamates (subject to hydrolysis) is 1. The van der Waals surface area contributed by atoms with E-state index in [0.717, 1.165) is 0 Å². The first-order chi connectivity index (χ1) is 11.7. The molecule has 2 N–H and O–H groups in total. The van der Waals surface area contributed by atoms with Crippen LogP contribution in [0.4, 0.5) is 4.79 Å². The lowest BCUT2D eigenvalue weighted by Crippen LogP contribution is -2.41. The normalized spacial score (nSPS) is 17.3. The van der Waals surface area contributed by atoms with E-state index in [9.17, 15) is 14.7 Å². The summed E-state index contributed by atoms with van der Waals surface area (Å²) in [5.74, 6) is 0.584. The summed E-state index contributed by atoms with van der Waals surface area (Å²) in [6, 6.07) is 4.56. The fourth-order valence-electron chi connectivity index (χ4n) is 2.76. The van der Waals surface area contributed by atoms with E-state index in [1.807, 2.05) is 0 Å². The number of phenolic OH excluding ortho intramolecular Hbond substituents is 1. The van der Waals surface area contributed by atoms with E-state index in [4.69, 9.17) is 9.47 Å². The molecule has 1 saturated heterocycles. The molecular formula is C18H26N2O5. The molecule has 1 aromatic rings. The number of ether oxygens (including phenoxy) is 2. The third-order valence-electron chi connectivity index (χ3n) is 3.87. The number of hydrogen-bond donors (Lipinski definition) is 2. The minimum absolute atomic E-state index is 0.0719. The summed E-state index contributed by atoms with van der Waals surface area (Å²) in [6.07, 6.45) is 0.347. The number of rotatable bonds is 4. The minimum atomic E-state index is -0.552. The molecule has 0 spiro atoms. The van der Waals surface area contributed by atoms with Crippen LogP contribution in [0.3, 0.4) is 0 Å². The number of nitrogens with zero attached hydrogens (tertiary/aromatic N) is 1. The van der Waals surface area contributed by atoms with Gasteiger partial charge in [-0.2, -0.15) is 0 Å². The predicted octanol–water partition coefficient (Wildman–Crippen LogP) is 2.07. The Morgan fingerprint density at radius 3 is 2.72 bits per heavy atom. The van der Waals surface area contributed by atoms with Crippen LogP contribution in [0.2, 0.25) is 0 Å². The second-order valence-electron chi connectivity index (χ2n) is 7.14. The maximum absolute atomic E-state index is 12.5. The maximum Gasteiger partial charge on any atom is 0.407 e. The van der Waals surface area contributed by atoms with Crippen molar-refractivity contribution in [2.75, 3.05) is 20.2 Å². The zero-order valence-electron chi connectivity index (χ0n) is 15.2. The number of amides is 2. The van der Waals surface area contributed by atoms with Gasteiger partial charge in [0.1, 0.15) is 17.1 Å². The number of aromatic hydroxyl groups is 1. The predicted molar refractivity (Wildman–Crippen MR) is 92.7 cm³/mol. The van der Waals surface area contributed by atoms with Crippen molar-refractivity contribution in [3.05, 3.63) is 23.8 Å². The fraction of sp³-hybridized carbons (Fsp3) is 0.556. The van der Waals surface area contributed by atoms with Gasteiger partial charge in [0, 0.05) is 18.7 Å². The quantitative estimate of drug-likeness (QED) is 0.868. The molecule has 1 unspecified atom stereocenters. The Kier molecular flexibility index (Phi) is 5.77. The molecule has 2 rings (SSSR count). The Balaban J connectivity index is 1.90. The van der Waals surface area contributed by atoms with Crippen LogP contribution in [-0.2, 0) is 16.0 Å². The van der Waals surface area contributed by atoms with Crippen LogP contribution in [0.1, 0.15) is 32.8 Å². The average Bonchev–Trinajstić information content (AvgIpc) is 2.94. The lowest BCUT2D eigenvalue weighted by molar-refractivity contribution is -0.129. The van der Waals surface area contributed by atoms with Crippen LogP contribution in [-0.4, -0.2) is 53.8 Å². The maximum atomic E-state index is 12.5. The van der Waals surface area contributed by atoms with Crippen molar-refractivity contribution in [2.45, 2.75) is 45.3 Å². The van der Waals surface area contributed by atoms with Crippen molar-refractivity contribution in [2.24, 2.45) is 0 Å². The second kappa shape index (κ2) is 7.63. The first-order valence-electron chi connectivity index (χ1n) is 8.31. The van der Waals surface area contributed by atoms with Crippen molar-refractivity contribution in [3.63, 3.8) is 0 Å². The Bertz CT molecular complexity index is 639. The number of likely N-dealkylation sites (tertiary alicyclic amines) is 1. The highest BCUT2D eigenvalue weighted by Gasteiger charge is 2.29. The van der Waals surface area contributed by atoms with E-state index in [-0.39, 0.29) is 24.1 Å². The Labute approximate surface area is 147 Å². The standard InChI is InChI=1S/C18H26N2O5/c1-18(2,3)25-17(23)19-13-7-8-20(11-13)16(22)10-12-9-14(21)5-6-15(12)24-4/h5-6,9,13,21H,7-8,10-11H2,1-4H3,(H,19,23). The van der Waals surface area contributed by atoms with E-state index < -0.39 is 11.7 Å². The van der Waals surface area contributed by atoms with Crippen LogP contribution in [0, 0.1) is 0 Å². The third kappa shape index (κ3) is 5.55. The highest BCUT2D eigenvalue weighted by atomic mass is 16.6. The van der Waals surface area contributed by atoms with Crippen molar-refractivity contribution in [1.29, 1.82) is 0 Å². The summed E-state index contributed by atoms with van der Waals surface area (Å²) in [4.78, 5) is 26.0. The van der Waals surface area contributed by atoms with Gasteiger partial charge in [0.05, 0.1) is 19.6 Å². The van der Waals surface area contributed by atoms with Gasteiger partial charge in [0.25, 0.3) is 0 Å². The van der Waals surface area contributed by atoms with Crippen molar-refractivity contribution < 1.29 is 24.2 Å². The second-order valence-corrected chi connectivity index (χ2v) is 7.14. The molecule has 0 bridgehead atoms. The summed E-state index contributed by atoms with van der Waals surface area (Å²) < 4.78 is 10.5. The first-order valence-corrected chi connectivity index (χ1v) is 8.31. The van der Waals surface area contributed by atoms with Crippen molar-refractivity contribution in [3.8, 4) is 11.5 Å². The molecule has 1 aliphatic rings. The molecule has 25 heavy (non-hydrogen) atoms. The van der Waals surface area contributed by atoms with Gasteiger partial charge < -0.3 is 24.8 Å². The number of nitrogens with one attached hydrogen (secondary N) is 1. The number of methoxy groups -OCH3 is 1. The summed E-state index contributed by atoms with van der Waals surface area (Å²) in [5, 5.41) is 12.4. The van der Waals surface area contributed by atoms with Crippen LogP contribution in [0.5, 0.6) is 11.5 Å². The molecular weight excluding hydrogens is 324 g/mol. The number of carbonyl (C=O) groups is 2. The monoisotopic (exact) mass is 350 g/mol. The molecule has 0 aromatic heterocycles. The lowest BCUT2D eigenvalue weighted by atomic mass is 10.1. The van der Waals surface area contributed by atoms with Gasteiger partial charge >= 0.3 is 6.09 Å². The van der Waals surface area contributed by atoms with E-state index >= 15 is 0 Å². The van der Waals surface area contributed by atoms with Crippen LogP contribution in [0.25, 0.3) is 0 Å². The summed E-state index contributed by atoms with van der Waals surface area (Å²) in [6.45, 7) is 6.43. The summed E-state index contributed by atoms with van der Waals surface area (Å²) >= 11 is 0. The molecule has 1 fully saturated rings. The Morgan fingerprint density at radius 1 is 1.36 bits per heavy atom. The van der Waals surface area contributed by atoms with Gasteiger partial charge in [-0.25, -0.2) is 4.79 Å². The average molecular weight is 350 g/mol. The number of benzene rings is 1. The van der Waals surface area contributed by atoms with Crippen molar-refractivity contribution >= 4 is 12.0 Å². The number of carbonyl (C=O) groups excluding carboxylic acids is 2. The largest absolute Gasteiger partial charge is 0.508 e. The number of phenols is 1. The Morgan fingerprint density at radius 2 is 2.08 bits per heavy atom. The van der Waals surface area contributed by atoms with E-state index in [1.54, 1.807) is 31.7 Å². The Hall–Kier alpha value is -2.44. The van der Waals surface area contributed by atoms with Gasteiger partial charge in [0.15, 0.2) is 0 Å². The summed E-state index contributed by atoms with van der Waals surface area (Å²) in [5.41, 5.74) is 0.0837. The van der Waals surface area contributed by atoms with Crippen LogP contribution >= 0.6 is 0 Å². The van der Waals surface area contributed by atoms with E-state index in [1.165, 1.54) is 19.2 Å². The first kappa shape index (κ1) is 18.9. The lowest BCUT2D eigenvalue weighted by Gasteiger charge is -2.22. The van der Waals surface area contributed by atoms with Gasteiger partial charge in [0.2, 0.25) is 5.91 Å². The summed E-state index contributed by atoms with van der Waals surface area (Å²) in [7, 11) is 1.52. The molecule has 0 saturated carbocycles. The SMILES string of the molecule is COc1ccc(O)cc1CC(=O)N1CCC(NC(=O)OC(C)(C)C)C1. The van der Waals surface area contributed by atoms with Crippen molar-refractivity contribution in [1.82, 2.24) is 10.2 Å². The minimum Gasteiger partial charge on any atom is -0.508 e. The molecule has 2 amide bonds. The highest BCUT2D eigenvalue weighted by Crippen LogP contribution is 2.24. The van der Waals surface area contributed by atoms with Gasteiger partial charge in [-0.15, -0.1) is 0 Å². The van der Waals surface area contributed by atoms with Crippen LogP contribution in [0.15, 0.2) is 18.2 Å². The zero-order valence-corrected chi connectivity index (χ0v) is 15.2. The van der Waals surface area contributed by atoms with Gasteiger partial charge in [-0.3, -0.25) is 4.79 Å². The molecule has 7 heteroatoms. The van der Waals surface area contributed by atoms with E-state index in [2.05, 4.69) is 5.32 Å². The smallest absolute Gasteiger partial charge is 0.407 e. The molecule has 7 nitrogen and oxygen atoms in total. The van der Waals surface area contributed by atoms with Gasteiger partial charge in [-0.05, 0) is 45.4 Å². The molecule has 1 atom stereocenters. The zero-order chi connectivity index (χ0) is 18.6. The molecule has 0 radical (unpaired) electrons. The molecule has 138 valence electrons. The molecule has 1 heterocycles. The van der Waals surface area contributed by atoms with Gasteiger partial charge in [-0.1, -0.05) is 0 Å². The van der Waals surface area contributed by atoms with Crippen LogP contribution < -0.4 is 10.1 Å². The molecule has 1 aromatic carbocycles. The fourth-order valence-corrected chi connectivity index (χ4v) is 2.76. The third-order valence-corrected chi connectivity index (χ3v) is 3.87. The topological polar surface area (TPSA) is 88.1 Å². The van der Waals surface area contributed by atoms with E-state index in [0.29, 0.717) is 30.8 Å². The molecule has 0 aliphatic carbocycles. The molecule has 1 aliphatic heterocycles. The highest BCUT2D eigenvalue weighted by molar-refractivity contribution is 5.80. The number of hydrogen-bond acceptors (Lipinski definition) is 5.